The molecule has 1 atom stereocenters. The number of ether oxygens (including phenoxy) is 2. The summed E-state index contributed by atoms with van der Waals surface area (Å²) in [6, 6.07) is 6.87. The van der Waals surface area contributed by atoms with Crippen LogP contribution in [0.5, 0.6) is 5.75 Å². The molecule has 0 bridgehead atoms. The number of carbonyl (C=O) groups excluding carboxylic acids is 2. The molecule has 0 aliphatic carbocycles. The van der Waals surface area contributed by atoms with E-state index in [1.807, 2.05) is 12.1 Å². The molecule has 0 saturated heterocycles. The van der Waals surface area contributed by atoms with Gasteiger partial charge in [-0.3, -0.25) is 9.59 Å². The van der Waals surface area contributed by atoms with Gasteiger partial charge in [0.15, 0.2) is 0 Å². The van der Waals surface area contributed by atoms with E-state index >= 15 is 0 Å². The van der Waals surface area contributed by atoms with Gasteiger partial charge in [0.2, 0.25) is 5.91 Å². The predicted molar refractivity (Wildman–Crippen MR) is 84.6 cm³/mol. The highest BCUT2D eigenvalue weighted by Gasteiger charge is 2.18. The second-order valence-electron chi connectivity index (χ2n) is 5.63. The lowest BCUT2D eigenvalue weighted by molar-refractivity contribution is -0.144. The number of hydrogen-bond acceptors (Lipinski definition) is 4. The van der Waals surface area contributed by atoms with Gasteiger partial charge in [-0.1, -0.05) is 26.0 Å². The van der Waals surface area contributed by atoms with Gasteiger partial charge in [0, 0.05) is 6.92 Å². The van der Waals surface area contributed by atoms with Crippen LogP contribution in [0.2, 0.25) is 0 Å². The van der Waals surface area contributed by atoms with E-state index in [-0.39, 0.29) is 18.3 Å². The molecular formula is C17H25NO4. The van der Waals surface area contributed by atoms with Crippen molar-refractivity contribution >= 4 is 11.9 Å². The van der Waals surface area contributed by atoms with Crippen molar-refractivity contribution < 1.29 is 19.1 Å². The van der Waals surface area contributed by atoms with Gasteiger partial charge >= 0.3 is 5.97 Å². The first-order chi connectivity index (χ1) is 10.4. The second-order valence-corrected chi connectivity index (χ2v) is 5.63. The Kier molecular flexibility index (Phi) is 7.43. The van der Waals surface area contributed by atoms with Gasteiger partial charge in [-0.25, -0.2) is 0 Å². The zero-order valence-corrected chi connectivity index (χ0v) is 13.7. The Morgan fingerprint density at radius 2 is 1.82 bits per heavy atom. The third kappa shape index (κ3) is 6.61. The Morgan fingerprint density at radius 1 is 1.18 bits per heavy atom. The van der Waals surface area contributed by atoms with Crippen LogP contribution in [0.4, 0.5) is 0 Å². The fourth-order valence-corrected chi connectivity index (χ4v) is 1.97. The summed E-state index contributed by atoms with van der Waals surface area (Å²) in [7, 11) is 1.59. The van der Waals surface area contributed by atoms with Gasteiger partial charge in [0.1, 0.15) is 5.75 Å². The Labute approximate surface area is 132 Å². The molecule has 1 rings (SSSR count). The van der Waals surface area contributed by atoms with Crippen LogP contribution in [0.25, 0.3) is 0 Å². The van der Waals surface area contributed by atoms with Crippen molar-refractivity contribution in [2.75, 3.05) is 13.7 Å². The minimum Gasteiger partial charge on any atom is -0.497 e. The van der Waals surface area contributed by atoms with Crippen LogP contribution in [0.15, 0.2) is 24.3 Å². The number of hydrogen-bond donors (Lipinski definition) is 1. The lowest BCUT2D eigenvalue weighted by atomic mass is 10.0. The number of amides is 1. The zero-order chi connectivity index (χ0) is 16.5. The number of esters is 1. The molecule has 0 heterocycles. The fourth-order valence-electron chi connectivity index (χ4n) is 1.97. The van der Waals surface area contributed by atoms with E-state index in [1.165, 1.54) is 6.92 Å². The summed E-state index contributed by atoms with van der Waals surface area (Å²) in [4.78, 5) is 23.3. The highest BCUT2D eigenvalue weighted by Crippen LogP contribution is 2.21. The molecule has 0 aromatic heterocycles. The standard InChI is InChI=1S/C17H25NO4/c1-12(2)9-10-22-17(20)11-16(18-13(3)19)14-5-7-15(21-4)8-6-14/h5-8,12,16H,9-11H2,1-4H3,(H,18,19). The van der Waals surface area contributed by atoms with Crippen molar-refractivity contribution in [3.8, 4) is 5.75 Å². The van der Waals surface area contributed by atoms with Crippen molar-refractivity contribution in [3.05, 3.63) is 29.8 Å². The van der Waals surface area contributed by atoms with Gasteiger partial charge < -0.3 is 14.8 Å². The molecule has 0 aliphatic heterocycles. The minimum absolute atomic E-state index is 0.115. The van der Waals surface area contributed by atoms with E-state index in [9.17, 15) is 9.59 Å². The molecule has 5 nitrogen and oxygen atoms in total. The van der Waals surface area contributed by atoms with Crippen LogP contribution in [0, 0.1) is 5.92 Å². The van der Waals surface area contributed by atoms with Crippen LogP contribution in [0.3, 0.4) is 0 Å². The molecule has 0 aliphatic rings. The largest absolute Gasteiger partial charge is 0.497 e. The topological polar surface area (TPSA) is 64.6 Å². The molecule has 5 heteroatoms. The van der Waals surface area contributed by atoms with Gasteiger partial charge in [0.05, 0.1) is 26.2 Å². The third-order valence-corrected chi connectivity index (χ3v) is 3.22. The number of methoxy groups -OCH3 is 1. The van der Waals surface area contributed by atoms with E-state index < -0.39 is 6.04 Å². The van der Waals surface area contributed by atoms with Crippen LogP contribution in [-0.4, -0.2) is 25.6 Å². The summed E-state index contributed by atoms with van der Waals surface area (Å²) >= 11 is 0. The molecule has 22 heavy (non-hydrogen) atoms. The van der Waals surface area contributed by atoms with Gasteiger partial charge in [0.25, 0.3) is 0 Å². The highest BCUT2D eigenvalue weighted by atomic mass is 16.5. The van der Waals surface area contributed by atoms with Gasteiger partial charge in [-0.2, -0.15) is 0 Å². The molecule has 0 spiro atoms. The summed E-state index contributed by atoms with van der Waals surface area (Å²) in [5, 5.41) is 2.78. The second kappa shape index (κ2) is 9.07. The first-order valence-electron chi connectivity index (χ1n) is 7.49. The minimum atomic E-state index is -0.394. The maximum absolute atomic E-state index is 11.9. The Morgan fingerprint density at radius 3 is 2.32 bits per heavy atom. The summed E-state index contributed by atoms with van der Waals surface area (Å²) in [6.45, 7) is 5.99. The summed E-state index contributed by atoms with van der Waals surface area (Å²) in [6.07, 6.45) is 0.948. The van der Waals surface area contributed by atoms with Crippen molar-refractivity contribution in [2.24, 2.45) is 5.92 Å². The first kappa shape index (κ1) is 18.0. The molecule has 0 fully saturated rings. The fraction of sp³-hybridized carbons (Fsp3) is 0.529. The molecule has 0 radical (unpaired) electrons. The molecule has 0 saturated carbocycles. The highest BCUT2D eigenvalue weighted by molar-refractivity contribution is 5.76. The van der Waals surface area contributed by atoms with Gasteiger partial charge in [-0.05, 0) is 30.0 Å². The molecule has 1 aromatic rings. The number of rotatable bonds is 8. The average Bonchev–Trinajstić information content (AvgIpc) is 2.46. The lowest BCUT2D eigenvalue weighted by Gasteiger charge is -2.18. The molecule has 1 amide bonds. The first-order valence-corrected chi connectivity index (χ1v) is 7.49. The van der Waals surface area contributed by atoms with Crippen molar-refractivity contribution in [1.82, 2.24) is 5.32 Å². The van der Waals surface area contributed by atoms with E-state index in [0.717, 1.165) is 17.7 Å². The molecule has 1 unspecified atom stereocenters. The van der Waals surface area contributed by atoms with Crippen molar-refractivity contribution in [1.29, 1.82) is 0 Å². The SMILES string of the molecule is COc1ccc(C(CC(=O)OCCC(C)C)NC(C)=O)cc1. The Bertz CT molecular complexity index is 482. The van der Waals surface area contributed by atoms with Crippen LogP contribution < -0.4 is 10.1 Å². The average molecular weight is 307 g/mol. The molecule has 1 N–H and O–H groups in total. The van der Waals surface area contributed by atoms with Crippen molar-refractivity contribution in [2.45, 2.75) is 39.7 Å². The zero-order valence-electron chi connectivity index (χ0n) is 13.7. The third-order valence-electron chi connectivity index (χ3n) is 3.22. The predicted octanol–water partition coefficient (Wildman–Crippen LogP) is 2.85. The van der Waals surface area contributed by atoms with Crippen LogP contribution in [0.1, 0.15) is 45.2 Å². The molecule has 1 aromatic carbocycles. The normalized spacial score (nSPS) is 11.9. The van der Waals surface area contributed by atoms with E-state index in [4.69, 9.17) is 9.47 Å². The number of nitrogens with one attached hydrogen (secondary N) is 1. The van der Waals surface area contributed by atoms with Crippen LogP contribution in [-0.2, 0) is 14.3 Å². The smallest absolute Gasteiger partial charge is 0.308 e. The molecule has 122 valence electrons. The quantitative estimate of drug-likeness (QED) is 0.750. The van der Waals surface area contributed by atoms with Crippen molar-refractivity contribution in [3.63, 3.8) is 0 Å². The maximum Gasteiger partial charge on any atom is 0.308 e. The number of carbonyl (C=O) groups is 2. The lowest BCUT2D eigenvalue weighted by Crippen LogP contribution is -2.28. The van der Waals surface area contributed by atoms with E-state index in [1.54, 1.807) is 19.2 Å². The van der Waals surface area contributed by atoms with E-state index in [2.05, 4.69) is 19.2 Å². The number of benzene rings is 1. The Hall–Kier alpha value is -2.04. The van der Waals surface area contributed by atoms with Crippen LogP contribution >= 0.6 is 0 Å². The summed E-state index contributed by atoms with van der Waals surface area (Å²) in [5.41, 5.74) is 0.844. The summed E-state index contributed by atoms with van der Waals surface area (Å²) < 4.78 is 10.3. The Balaban J connectivity index is 2.67. The van der Waals surface area contributed by atoms with E-state index in [0.29, 0.717) is 12.5 Å². The van der Waals surface area contributed by atoms with Gasteiger partial charge in [-0.15, -0.1) is 0 Å². The maximum atomic E-state index is 11.9. The summed E-state index contributed by atoms with van der Waals surface area (Å²) in [5.74, 6) is 0.719. The molecular weight excluding hydrogens is 282 g/mol. The monoisotopic (exact) mass is 307 g/mol.